The molecule has 160 valence electrons. The third-order valence-electron chi connectivity index (χ3n) is 3.79. The van der Waals surface area contributed by atoms with E-state index in [9.17, 15) is 40.6 Å². The Bertz CT molecular complexity index is 737. The van der Waals surface area contributed by atoms with E-state index in [2.05, 4.69) is 5.32 Å². The van der Waals surface area contributed by atoms with Crippen LogP contribution in [0, 0.1) is 6.92 Å². The number of ether oxygens (including phenoxy) is 1. The first-order chi connectivity index (χ1) is 12.2. The van der Waals surface area contributed by atoms with Crippen LogP contribution in [0.25, 0.3) is 0 Å². The van der Waals surface area contributed by atoms with Crippen molar-refractivity contribution >= 4 is 11.8 Å². The summed E-state index contributed by atoms with van der Waals surface area (Å²) in [5, 5.41) is 12.2. The summed E-state index contributed by atoms with van der Waals surface area (Å²) in [4.78, 5) is 11.7. The molecule has 1 atom stereocenters. The number of halogens is 7. The molecule has 1 amide bonds. The van der Waals surface area contributed by atoms with E-state index < -0.39 is 40.9 Å². The van der Waals surface area contributed by atoms with Crippen molar-refractivity contribution in [2.75, 3.05) is 5.32 Å². The molecule has 0 fully saturated rings. The largest absolute Gasteiger partial charge is 0.460 e. The fraction of sp³-hybridized carbons (Fsp3) is 0.588. The van der Waals surface area contributed by atoms with Crippen molar-refractivity contribution in [2.45, 2.75) is 63.8 Å². The van der Waals surface area contributed by atoms with Crippen LogP contribution in [0.5, 0.6) is 0 Å². The number of hydrogen-bond donors (Lipinski definition) is 2. The molecule has 0 radical (unpaired) electrons. The van der Waals surface area contributed by atoms with E-state index in [0.29, 0.717) is 6.07 Å². The normalized spacial score (nSPS) is 15.8. The molecule has 0 aliphatic rings. The molecule has 0 aliphatic carbocycles. The molecule has 1 aromatic rings. The van der Waals surface area contributed by atoms with Crippen molar-refractivity contribution in [3.63, 3.8) is 0 Å². The highest BCUT2D eigenvalue weighted by Crippen LogP contribution is 2.54. The number of aliphatic hydroxyl groups is 1. The van der Waals surface area contributed by atoms with Crippen molar-refractivity contribution in [3.8, 4) is 0 Å². The third-order valence-corrected chi connectivity index (χ3v) is 3.79. The van der Waals surface area contributed by atoms with E-state index in [0.717, 1.165) is 12.1 Å². The van der Waals surface area contributed by atoms with Crippen molar-refractivity contribution in [1.29, 1.82) is 0 Å². The molecule has 4 nitrogen and oxygen atoms in total. The van der Waals surface area contributed by atoms with Gasteiger partial charge < -0.3 is 9.84 Å². The average molecular weight is 419 g/mol. The van der Waals surface area contributed by atoms with E-state index in [4.69, 9.17) is 4.74 Å². The quantitative estimate of drug-likeness (QED) is 0.644. The van der Waals surface area contributed by atoms with Gasteiger partial charge in [-0.2, -0.15) is 30.7 Å². The van der Waals surface area contributed by atoms with Gasteiger partial charge >= 0.3 is 24.1 Å². The number of carbonyl (C=O) groups excluding carboxylic acids is 1. The lowest BCUT2D eigenvalue weighted by molar-refractivity contribution is -0.388. The van der Waals surface area contributed by atoms with Crippen molar-refractivity contribution < 1.29 is 45.4 Å². The summed E-state index contributed by atoms with van der Waals surface area (Å²) < 4.78 is 96.7. The van der Waals surface area contributed by atoms with Gasteiger partial charge in [-0.05, 0) is 51.8 Å². The van der Waals surface area contributed by atoms with Gasteiger partial charge in [0.1, 0.15) is 5.60 Å². The molecule has 0 spiro atoms. The number of anilines is 1. The van der Waals surface area contributed by atoms with Crippen LogP contribution in [0.15, 0.2) is 18.2 Å². The van der Waals surface area contributed by atoms with Gasteiger partial charge in [0.25, 0.3) is 0 Å². The molecule has 1 rings (SSSR count). The Hall–Kier alpha value is -2.04. The minimum atomic E-state index is -6.58. The van der Waals surface area contributed by atoms with Gasteiger partial charge in [-0.25, -0.2) is 4.79 Å². The van der Waals surface area contributed by atoms with Gasteiger partial charge in [-0.1, -0.05) is 12.1 Å². The van der Waals surface area contributed by atoms with Gasteiger partial charge in [-0.15, -0.1) is 0 Å². The summed E-state index contributed by atoms with van der Waals surface area (Å²) in [6, 6.07) is 2.46. The third kappa shape index (κ3) is 4.50. The number of benzene rings is 1. The highest BCUT2D eigenvalue weighted by atomic mass is 19.4. The van der Waals surface area contributed by atoms with E-state index >= 15 is 0 Å². The molecule has 1 aromatic carbocycles. The molecule has 0 aromatic heterocycles. The summed E-state index contributed by atoms with van der Waals surface area (Å²) in [5.41, 5.74) is -5.54. The Morgan fingerprint density at radius 2 is 1.46 bits per heavy atom. The number of rotatable bonds is 4. The Kier molecular flexibility index (Phi) is 6.08. The Balaban J connectivity index is 3.24. The van der Waals surface area contributed by atoms with Crippen LogP contribution in [-0.2, 0) is 10.3 Å². The SMILES string of the molecule is Cc1cc(C(C)(O)C(F)(F)C(F)(F)C(F)(F)F)ccc1NC(=O)OC(C)(C)C. The molecule has 11 heteroatoms. The summed E-state index contributed by atoms with van der Waals surface area (Å²) in [6.45, 7) is 6.18. The van der Waals surface area contributed by atoms with Crippen LogP contribution in [0.4, 0.5) is 41.2 Å². The lowest BCUT2D eigenvalue weighted by Crippen LogP contribution is -2.61. The predicted octanol–water partition coefficient (Wildman–Crippen LogP) is 5.38. The molecule has 2 N–H and O–H groups in total. The van der Waals surface area contributed by atoms with Crippen molar-refractivity contribution in [1.82, 2.24) is 0 Å². The highest BCUT2D eigenvalue weighted by molar-refractivity contribution is 5.86. The van der Waals surface area contributed by atoms with Crippen LogP contribution in [-0.4, -0.2) is 34.8 Å². The van der Waals surface area contributed by atoms with E-state index in [-0.39, 0.29) is 18.2 Å². The molecule has 0 bridgehead atoms. The number of alkyl halides is 7. The minimum Gasteiger partial charge on any atom is -0.444 e. The van der Waals surface area contributed by atoms with Crippen LogP contribution < -0.4 is 5.32 Å². The van der Waals surface area contributed by atoms with Gasteiger partial charge in [0.2, 0.25) is 0 Å². The topological polar surface area (TPSA) is 58.6 Å². The first-order valence-corrected chi connectivity index (χ1v) is 7.90. The molecular weight excluding hydrogens is 399 g/mol. The van der Waals surface area contributed by atoms with E-state index in [1.54, 1.807) is 20.8 Å². The smallest absolute Gasteiger partial charge is 0.444 e. The summed E-state index contributed by atoms with van der Waals surface area (Å²) in [6.07, 6.45) is -7.47. The minimum absolute atomic E-state index is 0.0229. The second-order valence-corrected chi connectivity index (χ2v) is 7.38. The van der Waals surface area contributed by atoms with Gasteiger partial charge in [0, 0.05) is 5.69 Å². The highest BCUT2D eigenvalue weighted by Gasteiger charge is 2.78. The monoisotopic (exact) mass is 419 g/mol. The van der Waals surface area contributed by atoms with E-state index in [1.807, 2.05) is 0 Å². The number of carbonyl (C=O) groups is 1. The van der Waals surface area contributed by atoms with Gasteiger partial charge in [-0.3, -0.25) is 5.32 Å². The van der Waals surface area contributed by atoms with Crippen LogP contribution in [0.1, 0.15) is 38.8 Å². The number of hydrogen-bond acceptors (Lipinski definition) is 3. The molecular formula is C17H20F7NO3. The number of aryl methyl sites for hydroxylation is 1. The molecule has 0 saturated carbocycles. The Morgan fingerprint density at radius 1 is 0.964 bits per heavy atom. The second-order valence-electron chi connectivity index (χ2n) is 7.38. The molecule has 1 unspecified atom stereocenters. The fourth-order valence-electron chi connectivity index (χ4n) is 2.19. The summed E-state index contributed by atoms with van der Waals surface area (Å²) in [7, 11) is 0. The summed E-state index contributed by atoms with van der Waals surface area (Å²) >= 11 is 0. The fourth-order valence-corrected chi connectivity index (χ4v) is 2.19. The molecule has 0 aliphatic heterocycles. The maximum absolute atomic E-state index is 14.0. The van der Waals surface area contributed by atoms with E-state index in [1.165, 1.54) is 6.92 Å². The maximum Gasteiger partial charge on any atom is 0.460 e. The lowest BCUT2D eigenvalue weighted by atomic mass is 9.84. The molecule has 0 saturated heterocycles. The summed E-state index contributed by atoms with van der Waals surface area (Å²) in [5.74, 6) is -12.4. The van der Waals surface area contributed by atoms with Crippen molar-refractivity contribution in [2.24, 2.45) is 0 Å². The first kappa shape index (κ1) is 24.0. The van der Waals surface area contributed by atoms with Crippen LogP contribution >= 0.6 is 0 Å². The molecule has 28 heavy (non-hydrogen) atoms. The zero-order chi connectivity index (χ0) is 22.3. The number of amides is 1. The predicted molar refractivity (Wildman–Crippen MR) is 86.6 cm³/mol. The standard InChI is InChI=1S/C17H20F7NO3/c1-9-8-10(6-7-11(9)25-12(26)28-13(2,3)4)14(5,27)15(18,19)16(20,21)17(22,23)24/h6-8,27H,1-5H3,(H,25,26). The second kappa shape index (κ2) is 7.09. The first-order valence-electron chi connectivity index (χ1n) is 7.90. The van der Waals surface area contributed by atoms with Crippen LogP contribution in [0.3, 0.4) is 0 Å². The lowest BCUT2D eigenvalue weighted by Gasteiger charge is -2.38. The zero-order valence-electron chi connectivity index (χ0n) is 15.6. The van der Waals surface area contributed by atoms with Gasteiger partial charge in [0.05, 0.1) is 0 Å². The zero-order valence-corrected chi connectivity index (χ0v) is 15.6. The maximum atomic E-state index is 14.0. The number of nitrogens with one attached hydrogen (secondary N) is 1. The average Bonchev–Trinajstić information content (AvgIpc) is 2.45. The Morgan fingerprint density at radius 3 is 1.86 bits per heavy atom. The van der Waals surface area contributed by atoms with Crippen LogP contribution in [0.2, 0.25) is 0 Å². The molecule has 0 heterocycles. The Labute approximate surface area is 156 Å². The van der Waals surface area contributed by atoms with Gasteiger partial charge in [0.15, 0.2) is 5.60 Å². The van der Waals surface area contributed by atoms with Crippen molar-refractivity contribution in [3.05, 3.63) is 29.3 Å².